The molecule has 0 unspecified atom stereocenters. The Morgan fingerprint density at radius 1 is 1.40 bits per heavy atom. The van der Waals surface area contributed by atoms with Crippen molar-refractivity contribution in [3.8, 4) is 0 Å². The highest BCUT2D eigenvalue weighted by molar-refractivity contribution is 5.86. The minimum absolute atomic E-state index is 0.221. The van der Waals surface area contributed by atoms with Gasteiger partial charge in [0.25, 0.3) is 0 Å². The van der Waals surface area contributed by atoms with E-state index in [4.69, 9.17) is 0 Å². The summed E-state index contributed by atoms with van der Waals surface area (Å²) in [7, 11) is 1.33. The monoisotopic (exact) mass is 279 g/mol. The van der Waals surface area contributed by atoms with Gasteiger partial charge in [0.1, 0.15) is 5.82 Å². The normalized spacial score (nSPS) is 15.8. The zero-order valence-corrected chi connectivity index (χ0v) is 11.8. The largest absolute Gasteiger partial charge is 0.464 e. The number of nitrogens with one attached hydrogen (secondary N) is 2. The molecule has 0 saturated carbocycles. The first-order chi connectivity index (χ1) is 9.79. The molecule has 0 bridgehead atoms. The Morgan fingerprint density at radius 3 is 2.85 bits per heavy atom. The lowest BCUT2D eigenvalue weighted by Gasteiger charge is -2.27. The smallest absolute Gasteiger partial charge is 0.358 e. The van der Waals surface area contributed by atoms with E-state index in [2.05, 4.69) is 30.2 Å². The molecule has 2 rings (SSSR count). The van der Waals surface area contributed by atoms with E-state index >= 15 is 0 Å². The van der Waals surface area contributed by atoms with Crippen molar-refractivity contribution in [2.75, 3.05) is 51.7 Å². The molecule has 1 aliphatic rings. The third-order valence-corrected chi connectivity index (χ3v) is 3.21. The van der Waals surface area contributed by atoms with Gasteiger partial charge in [-0.2, -0.15) is 0 Å². The minimum Gasteiger partial charge on any atom is -0.464 e. The fraction of sp³-hybridized carbons (Fsp3) is 0.615. The van der Waals surface area contributed by atoms with Gasteiger partial charge in [0.2, 0.25) is 0 Å². The van der Waals surface area contributed by atoms with Crippen molar-refractivity contribution in [1.29, 1.82) is 0 Å². The predicted molar refractivity (Wildman–Crippen MR) is 75.8 cm³/mol. The molecule has 1 aromatic rings. The van der Waals surface area contributed by atoms with Crippen molar-refractivity contribution < 1.29 is 9.53 Å². The zero-order valence-electron chi connectivity index (χ0n) is 11.8. The zero-order chi connectivity index (χ0) is 14.2. The first kappa shape index (κ1) is 14.7. The van der Waals surface area contributed by atoms with Crippen LogP contribution in [0.4, 0.5) is 5.82 Å². The summed E-state index contributed by atoms with van der Waals surface area (Å²) in [5, 5.41) is 6.54. The lowest BCUT2D eigenvalue weighted by molar-refractivity contribution is 0.0593. The Labute approximate surface area is 118 Å². The second kappa shape index (κ2) is 7.76. The van der Waals surface area contributed by atoms with Crippen LogP contribution in [0.15, 0.2) is 12.4 Å². The van der Waals surface area contributed by atoms with Gasteiger partial charge in [-0.3, -0.25) is 0 Å². The second-order valence-electron chi connectivity index (χ2n) is 4.65. The molecule has 2 N–H and O–H groups in total. The highest BCUT2D eigenvalue weighted by Crippen LogP contribution is 2.02. The Kier molecular flexibility index (Phi) is 5.69. The van der Waals surface area contributed by atoms with Crippen LogP contribution in [0.25, 0.3) is 0 Å². The molecule has 7 nitrogen and oxygen atoms in total. The van der Waals surface area contributed by atoms with E-state index < -0.39 is 5.97 Å². The van der Waals surface area contributed by atoms with Crippen LogP contribution in [0, 0.1) is 0 Å². The molecule has 0 aromatic carbocycles. The molecule has 0 amide bonds. The maximum absolute atomic E-state index is 11.2. The number of methoxy groups -OCH3 is 1. The maximum Gasteiger partial charge on any atom is 0.358 e. The molecular weight excluding hydrogens is 258 g/mol. The molecule has 110 valence electrons. The molecule has 1 aliphatic heterocycles. The van der Waals surface area contributed by atoms with Crippen LogP contribution in [0.2, 0.25) is 0 Å². The van der Waals surface area contributed by atoms with E-state index in [1.54, 1.807) is 6.20 Å². The average Bonchev–Trinajstić information content (AvgIpc) is 2.52. The summed E-state index contributed by atoms with van der Waals surface area (Å²) >= 11 is 0. The van der Waals surface area contributed by atoms with Crippen LogP contribution < -0.4 is 10.6 Å². The summed E-state index contributed by atoms with van der Waals surface area (Å²) in [6.07, 6.45) is 4.03. The van der Waals surface area contributed by atoms with Crippen molar-refractivity contribution >= 4 is 11.8 Å². The van der Waals surface area contributed by atoms with E-state index in [0.717, 1.165) is 45.7 Å². The van der Waals surface area contributed by atoms with Crippen molar-refractivity contribution in [1.82, 2.24) is 20.2 Å². The second-order valence-corrected chi connectivity index (χ2v) is 4.65. The van der Waals surface area contributed by atoms with E-state index in [1.807, 2.05) is 0 Å². The lowest BCUT2D eigenvalue weighted by atomic mass is 10.3. The number of esters is 1. The van der Waals surface area contributed by atoms with Gasteiger partial charge < -0.3 is 20.3 Å². The van der Waals surface area contributed by atoms with Gasteiger partial charge in [-0.15, -0.1) is 0 Å². The van der Waals surface area contributed by atoms with Crippen LogP contribution >= 0.6 is 0 Å². The molecule has 0 aliphatic carbocycles. The highest BCUT2D eigenvalue weighted by atomic mass is 16.5. The van der Waals surface area contributed by atoms with E-state index in [1.165, 1.54) is 13.3 Å². The summed E-state index contributed by atoms with van der Waals surface area (Å²) in [6, 6.07) is 0. The van der Waals surface area contributed by atoms with Crippen molar-refractivity contribution in [2.24, 2.45) is 0 Å². The standard InChI is InChI=1S/C13H21N5O2/c1-20-13(19)11-9-17-12(10-16-11)15-3-2-6-18-7-4-14-5-8-18/h9-10,14H,2-8H2,1H3,(H,15,17). The van der Waals surface area contributed by atoms with Crippen LogP contribution in [0.3, 0.4) is 0 Å². The van der Waals surface area contributed by atoms with E-state index in [9.17, 15) is 4.79 Å². The van der Waals surface area contributed by atoms with Gasteiger partial charge in [0, 0.05) is 32.7 Å². The van der Waals surface area contributed by atoms with E-state index in [-0.39, 0.29) is 5.69 Å². The predicted octanol–water partition coefficient (Wildman–Crippen LogP) is -0.0296. The highest BCUT2D eigenvalue weighted by Gasteiger charge is 2.09. The van der Waals surface area contributed by atoms with Gasteiger partial charge >= 0.3 is 5.97 Å². The van der Waals surface area contributed by atoms with Gasteiger partial charge in [0.05, 0.1) is 19.5 Å². The third kappa shape index (κ3) is 4.43. The van der Waals surface area contributed by atoms with Crippen molar-refractivity contribution in [3.05, 3.63) is 18.1 Å². The fourth-order valence-electron chi connectivity index (χ4n) is 2.08. The summed E-state index contributed by atoms with van der Waals surface area (Å²) in [4.78, 5) is 21.8. The summed E-state index contributed by atoms with van der Waals surface area (Å²) in [5.74, 6) is 0.209. The Hall–Kier alpha value is -1.73. The van der Waals surface area contributed by atoms with Gasteiger partial charge in [0.15, 0.2) is 5.69 Å². The number of carbonyl (C=O) groups excluding carboxylic acids is 1. The Morgan fingerprint density at radius 2 is 2.20 bits per heavy atom. The van der Waals surface area contributed by atoms with Crippen LogP contribution in [0.5, 0.6) is 0 Å². The van der Waals surface area contributed by atoms with Gasteiger partial charge in [-0.05, 0) is 13.0 Å². The Bertz CT molecular complexity index is 417. The Balaban J connectivity index is 1.67. The topological polar surface area (TPSA) is 79.4 Å². The summed E-state index contributed by atoms with van der Waals surface area (Å²) in [5.41, 5.74) is 0.221. The summed E-state index contributed by atoms with van der Waals surface area (Å²) in [6.45, 7) is 6.32. The molecule has 1 aromatic heterocycles. The number of hydrogen-bond acceptors (Lipinski definition) is 7. The van der Waals surface area contributed by atoms with Crippen LogP contribution in [-0.4, -0.2) is 67.2 Å². The number of aromatic nitrogens is 2. The number of carbonyl (C=O) groups is 1. The minimum atomic E-state index is -0.470. The molecule has 0 atom stereocenters. The molecule has 2 heterocycles. The first-order valence-electron chi connectivity index (χ1n) is 6.87. The molecular formula is C13H21N5O2. The third-order valence-electron chi connectivity index (χ3n) is 3.21. The van der Waals surface area contributed by atoms with Crippen molar-refractivity contribution in [2.45, 2.75) is 6.42 Å². The number of rotatable bonds is 6. The van der Waals surface area contributed by atoms with E-state index in [0.29, 0.717) is 5.82 Å². The molecule has 1 fully saturated rings. The molecule has 20 heavy (non-hydrogen) atoms. The fourth-order valence-corrected chi connectivity index (χ4v) is 2.08. The number of hydrogen-bond donors (Lipinski definition) is 2. The number of ether oxygens (including phenoxy) is 1. The quantitative estimate of drug-likeness (QED) is 0.559. The number of piperazine rings is 1. The molecule has 0 radical (unpaired) electrons. The van der Waals surface area contributed by atoms with Crippen molar-refractivity contribution in [3.63, 3.8) is 0 Å². The van der Waals surface area contributed by atoms with Crippen LogP contribution in [0.1, 0.15) is 16.9 Å². The summed E-state index contributed by atoms with van der Waals surface area (Å²) < 4.78 is 4.57. The first-order valence-corrected chi connectivity index (χ1v) is 6.87. The maximum atomic E-state index is 11.2. The molecule has 7 heteroatoms. The van der Waals surface area contributed by atoms with Gasteiger partial charge in [-0.1, -0.05) is 0 Å². The lowest BCUT2D eigenvalue weighted by Crippen LogP contribution is -2.44. The number of nitrogens with zero attached hydrogens (tertiary/aromatic N) is 3. The van der Waals surface area contributed by atoms with Crippen LogP contribution in [-0.2, 0) is 4.74 Å². The number of anilines is 1. The SMILES string of the molecule is COC(=O)c1cnc(NCCCN2CCNCC2)cn1. The average molecular weight is 279 g/mol. The van der Waals surface area contributed by atoms with Gasteiger partial charge in [-0.25, -0.2) is 14.8 Å². The molecule has 1 saturated heterocycles. The molecule has 0 spiro atoms.